The van der Waals surface area contributed by atoms with E-state index in [1.54, 1.807) is 24.3 Å². The van der Waals surface area contributed by atoms with Crippen molar-refractivity contribution in [1.29, 1.82) is 0 Å². The predicted octanol–water partition coefficient (Wildman–Crippen LogP) is 0.380. The SMILES string of the molecule is COC(=O)C1(c2cccc(O)c2)COCCN1. The number of hydrogen-bond acceptors (Lipinski definition) is 5. The van der Waals surface area contributed by atoms with Crippen molar-refractivity contribution in [2.24, 2.45) is 0 Å². The third-order valence-corrected chi connectivity index (χ3v) is 2.86. The fourth-order valence-corrected chi connectivity index (χ4v) is 1.99. The lowest BCUT2D eigenvalue weighted by Crippen LogP contribution is -2.57. The number of rotatable bonds is 2. The number of carbonyl (C=O) groups excluding carboxylic acids is 1. The Morgan fingerprint density at radius 3 is 3.00 bits per heavy atom. The molecule has 0 spiro atoms. The Bertz CT molecular complexity index is 413. The molecule has 1 saturated heterocycles. The highest BCUT2D eigenvalue weighted by atomic mass is 16.5. The molecule has 1 heterocycles. The lowest BCUT2D eigenvalue weighted by atomic mass is 9.89. The van der Waals surface area contributed by atoms with Gasteiger partial charge in [0.25, 0.3) is 0 Å². The number of methoxy groups -OCH3 is 1. The van der Waals surface area contributed by atoms with Crippen LogP contribution in [0.15, 0.2) is 24.3 Å². The van der Waals surface area contributed by atoms with E-state index in [2.05, 4.69) is 5.32 Å². The molecule has 0 radical (unpaired) electrons. The van der Waals surface area contributed by atoms with Gasteiger partial charge in [0.1, 0.15) is 5.75 Å². The number of phenolic OH excluding ortho intramolecular Hbond substituents is 1. The van der Waals surface area contributed by atoms with Crippen LogP contribution >= 0.6 is 0 Å². The molecule has 2 rings (SSSR count). The highest BCUT2D eigenvalue weighted by molar-refractivity contribution is 5.83. The largest absolute Gasteiger partial charge is 0.508 e. The number of benzene rings is 1. The van der Waals surface area contributed by atoms with Crippen molar-refractivity contribution in [3.05, 3.63) is 29.8 Å². The molecule has 17 heavy (non-hydrogen) atoms. The third-order valence-electron chi connectivity index (χ3n) is 2.86. The Labute approximate surface area is 99.3 Å². The first kappa shape index (κ1) is 11.9. The molecule has 1 aliphatic heterocycles. The number of phenols is 1. The molecule has 1 atom stereocenters. The van der Waals surface area contributed by atoms with Gasteiger partial charge < -0.3 is 14.6 Å². The maximum atomic E-state index is 12.0. The van der Waals surface area contributed by atoms with E-state index < -0.39 is 11.5 Å². The molecular formula is C12H15NO4. The molecular weight excluding hydrogens is 222 g/mol. The first-order valence-corrected chi connectivity index (χ1v) is 5.40. The molecule has 5 nitrogen and oxygen atoms in total. The van der Waals surface area contributed by atoms with Crippen LogP contribution in [-0.2, 0) is 19.8 Å². The van der Waals surface area contributed by atoms with Gasteiger partial charge in [-0.25, -0.2) is 4.79 Å². The van der Waals surface area contributed by atoms with Gasteiger partial charge in [-0.15, -0.1) is 0 Å². The van der Waals surface area contributed by atoms with Gasteiger partial charge >= 0.3 is 5.97 Å². The number of aromatic hydroxyl groups is 1. The van der Waals surface area contributed by atoms with Crippen molar-refractivity contribution in [3.63, 3.8) is 0 Å². The van der Waals surface area contributed by atoms with Crippen LogP contribution in [0.2, 0.25) is 0 Å². The van der Waals surface area contributed by atoms with Gasteiger partial charge in [0.05, 0.1) is 20.3 Å². The molecule has 2 N–H and O–H groups in total. The van der Waals surface area contributed by atoms with E-state index in [0.717, 1.165) is 0 Å². The lowest BCUT2D eigenvalue weighted by molar-refractivity contribution is -0.154. The molecule has 0 bridgehead atoms. The van der Waals surface area contributed by atoms with Crippen molar-refractivity contribution < 1.29 is 19.4 Å². The summed E-state index contributed by atoms with van der Waals surface area (Å²) >= 11 is 0. The van der Waals surface area contributed by atoms with E-state index in [0.29, 0.717) is 18.7 Å². The van der Waals surface area contributed by atoms with E-state index >= 15 is 0 Å². The summed E-state index contributed by atoms with van der Waals surface area (Å²) in [4.78, 5) is 12.0. The Balaban J connectivity index is 2.42. The van der Waals surface area contributed by atoms with E-state index in [9.17, 15) is 9.90 Å². The average molecular weight is 237 g/mol. The number of morpholine rings is 1. The van der Waals surface area contributed by atoms with Gasteiger partial charge in [-0.05, 0) is 17.7 Å². The predicted molar refractivity (Wildman–Crippen MR) is 60.6 cm³/mol. The van der Waals surface area contributed by atoms with Crippen molar-refractivity contribution in [1.82, 2.24) is 5.32 Å². The Kier molecular flexibility index (Phi) is 3.31. The van der Waals surface area contributed by atoms with Crippen LogP contribution in [-0.4, -0.2) is 37.9 Å². The monoisotopic (exact) mass is 237 g/mol. The van der Waals surface area contributed by atoms with Crippen LogP contribution in [0.25, 0.3) is 0 Å². The zero-order valence-corrected chi connectivity index (χ0v) is 9.60. The van der Waals surface area contributed by atoms with Crippen molar-refractivity contribution in [2.75, 3.05) is 26.9 Å². The summed E-state index contributed by atoms with van der Waals surface area (Å²) in [5.74, 6) is -0.305. The maximum Gasteiger partial charge on any atom is 0.333 e. The number of carbonyl (C=O) groups is 1. The summed E-state index contributed by atoms with van der Waals surface area (Å²) in [5.41, 5.74) is -0.379. The molecule has 5 heteroatoms. The zero-order chi connectivity index (χ0) is 12.3. The van der Waals surface area contributed by atoms with Crippen LogP contribution in [0, 0.1) is 0 Å². The fraction of sp³-hybridized carbons (Fsp3) is 0.417. The Hall–Kier alpha value is -1.59. The highest BCUT2D eigenvalue weighted by Crippen LogP contribution is 2.27. The molecule has 1 fully saturated rings. The lowest BCUT2D eigenvalue weighted by Gasteiger charge is -2.35. The minimum Gasteiger partial charge on any atom is -0.508 e. The summed E-state index contributed by atoms with van der Waals surface area (Å²) in [6, 6.07) is 6.54. The maximum absolute atomic E-state index is 12.0. The highest BCUT2D eigenvalue weighted by Gasteiger charge is 2.43. The molecule has 1 aromatic carbocycles. The van der Waals surface area contributed by atoms with Crippen LogP contribution < -0.4 is 5.32 Å². The summed E-state index contributed by atoms with van der Waals surface area (Å²) in [6.07, 6.45) is 0. The van der Waals surface area contributed by atoms with Gasteiger partial charge in [-0.1, -0.05) is 12.1 Å². The van der Waals surface area contributed by atoms with Gasteiger partial charge in [-0.2, -0.15) is 0 Å². The number of esters is 1. The Morgan fingerprint density at radius 1 is 1.59 bits per heavy atom. The molecule has 92 valence electrons. The third kappa shape index (κ3) is 2.11. The van der Waals surface area contributed by atoms with Crippen LogP contribution in [0.1, 0.15) is 5.56 Å². The molecule has 0 saturated carbocycles. The second-order valence-corrected chi connectivity index (χ2v) is 3.93. The standard InChI is InChI=1S/C12H15NO4/c1-16-11(15)12(8-17-6-5-13-12)9-3-2-4-10(14)7-9/h2-4,7,13-14H,5-6,8H2,1H3. The van der Waals surface area contributed by atoms with Gasteiger partial charge in [0.2, 0.25) is 0 Å². The van der Waals surface area contributed by atoms with E-state index in [1.807, 2.05) is 0 Å². The molecule has 1 aliphatic rings. The molecule has 1 aromatic rings. The number of ether oxygens (including phenoxy) is 2. The summed E-state index contributed by atoms with van der Waals surface area (Å²) in [5, 5.41) is 12.6. The van der Waals surface area contributed by atoms with E-state index in [4.69, 9.17) is 9.47 Å². The second kappa shape index (κ2) is 4.73. The first-order chi connectivity index (χ1) is 8.19. The average Bonchev–Trinajstić information content (AvgIpc) is 2.38. The van der Waals surface area contributed by atoms with Crippen LogP contribution in [0.5, 0.6) is 5.75 Å². The minimum absolute atomic E-state index is 0.109. The smallest absolute Gasteiger partial charge is 0.333 e. The van der Waals surface area contributed by atoms with Crippen molar-refractivity contribution in [3.8, 4) is 5.75 Å². The molecule has 0 aliphatic carbocycles. The zero-order valence-electron chi connectivity index (χ0n) is 9.60. The molecule has 0 aromatic heterocycles. The topological polar surface area (TPSA) is 67.8 Å². The van der Waals surface area contributed by atoms with E-state index in [1.165, 1.54) is 7.11 Å². The Morgan fingerprint density at radius 2 is 2.41 bits per heavy atom. The molecule has 1 unspecified atom stereocenters. The number of hydrogen-bond donors (Lipinski definition) is 2. The van der Waals surface area contributed by atoms with Gasteiger partial charge in [0.15, 0.2) is 5.54 Å². The molecule has 0 amide bonds. The summed E-state index contributed by atoms with van der Waals surface area (Å²) < 4.78 is 10.2. The van der Waals surface area contributed by atoms with Gasteiger partial charge in [0, 0.05) is 6.54 Å². The van der Waals surface area contributed by atoms with Crippen molar-refractivity contribution >= 4 is 5.97 Å². The second-order valence-electron chi connectivity index (χ2n) is 3.93. The fourth-order valence-electron chi connectivity index (χ4n) is 1.99. The number of nitrogens with one attached hydrogen (secondary N) is 1. The van der Waals surface area contributed by atoms with Crippen LogP contribution in [0.3, 0.4) is 0 Å². The van der Waals surface area contributed by atoms with Crippen LogP contribution in [0.4, 0.5) is 0 Å². The van der Waals surface area contributed by atoms with E-state index in [-0.39, 0.29) is 12.4 Å². The quantitative estimate of drug-likeness (QED) is 0.728. The van der Waals surface area contributed by atoms with Gasteiger partial charge in [-0.3, -0.25) is 5.32 Å². The normalized spacial score (nSPS) is 24.3. The summed E-state index contributed by atoms with van der Waals surface area (Å²) in [6.45, 7) is 1.31. The van der Waals surface area contributed by atoms with Crippen molar-refractivity contribution in [2.45, 2.75) is 5.54 Å². The first-order valence-electron chi connectivity index (χ1n) is 5.40. The minimum atomic E-state index is -1.02. The summed E-state index contributed by atoms with van der Waals surface area (Å²) in [7, 11) is 1.34.